The van der Waals surface area contributed by atoms with Crippen molar-refractivity contribution in [2.45, 2.75) is 50.2 Å². The zero-order valence-electron chi connectivity index (χ0n) is 20.0. The maximum absolute atomic E-state index is 15.5. The van der Waals surface area contributed by atoms with Gasteiger partial charge in [0.25, 0.3) is 0 Å². The minimum Gasteiger partial charge on any atom is -0.394 e. The van der Waals surface area contributed by atoms with Crippen molar-refractivity contribution in [2.24, 2.45) is 11.7 Å². The van der Waals surface area contributed by atoms with E-state index in [1.54, 1.807) is 9.80 Å². The fourth-order valence-electron chi connectivity index (χ4n) is 4.58. The number of likely N-dealkylation sites (tertiary alicyclic amines) is 1. The van der Waals surface area contributed by atoms with Gasteiger partial charge in [-0.05, 0) is 43.5 Å². The van der Waals surface area contributed by atoms with Crippen LogP contribution in [0, 0.1) is 11.7 Å². The van der Waals surface area contributed by atoms with E-state index in [4.69, 9.17) is 5.73 Å². The average Bonchev–Trinajstić information content (AvgIpc) is 3.68. The number of halogens is 4. The molecule has 2 heterocycles. The molecule has 3 atom stereocenters. The molecule has 2 fully saturated rings. The highest BCUT2D eigenvalue weighted by molar-refractivity contribution is 5.80. The van der Waals surface area contributed by atoms with Crippen LogP contribution in [0.5, 0.6) is 0 Å². The minimum atomic E-state index is -4.43. The summed E-state index contributed by atoms with van der Waals surface area (Å²) in [6.45, 7) is 0.534. The van der Waals surface area contributed by atoms with Crippen molar-refractivity contribution in [3.8, 4) is 0 Å². The van der Waals surface area contributed by atoms with Gasteiger partial charge in [0, 0.05) is 31.6 Å². The molecule has 1 aliphatic heterocycles. The molecular weight excluding hydrogens is 496 g/mol. The fraction of sp³-hybridized carbons (Fsp3) is 0.542. The molecule has 0 bridgehead atoms. The summed E-state index contributed by atoms with van der Waals surface area (Å²) in [6.07, 6.45) is -1.92. The smallest absolute Gasteiger partial charge is 0.394 e. The standard InChI is InChI=1S/C24H30F4N6O3/c25-20-22(30-9-15-7-8-33(11-19(15)36)18(12-35)21(29)37)31-13-32-23(20)34(17-5-6-17)10-14-1-3-16(4-2-14)24(26,27)28/h1-4,13,15,17-19,35-36H,5-12H2,(H2,29,37)(H,30,31,32)/t15-,18?,19+/m1/s1. The quantitative estimate of drug-likeness (QED) is 0.345. The number of rotatable bonds is 10. The third kappa shape index (κ3) is 6.46. The Labute approximate surface area is 211 Å². The van der Waals surface area contributed by atoms with Gasteiger partial charge in [0.05, 0.1) is 18.3 Å². The number of nitrogens with one attached hydrogen (secondary N) is 1. The zero-order chi connectivity index (χ0) is 26.7. The summed E-state index contributed by atoms with van der Waals surface area (Å²) in [7, 11) is 0. The first kappa shape index (κ1) is 27.0. The molecule has 1 amide bonds. The van der Waals surface area contributed by atoms with E-state index in [0.717, 1.165) is 25.0 Å². The molecule has 1 aromatic heterocycles. The summed E-state index contributed by atoms with van der Waals surface area (Å²) >= 11 is 0. The van der Waals surface area contributed by atoms with Gasteiger partial charge >= 0.3 is 6.18 Å². The van der Waals surface area contributed by atoms with E-state index in [1.807, 2.05) is 0 Å². The number of amides is 1. The number of carbonyl (C=O) groups is 1. The Morgan fingerprint density at radius 3 is 2.49 bits per heavy atom. The first-order chi connectivity index (χ1) is 17.6. The monoisotopic (exact) mass is 526 g/mol. The largest absolute Gasteiger partial charge is 0.416 e. The van der Waals surface area contributed by atoms with E-state index < -0.39 is 42.2 Å². The van der Waals surface area contributed by atoms with Crippen molar-refractivity contribution in [3.05, 3.63) is 47.5 Å². The molecule has 1 aliphatic carbocycles. The predicted octanol–water partition coefficient (Wildman–Crippen LogP) is 1.74. The molecule has 13 heteroatoms. The van der Waals surface area contributed by atoms with Gasteiger partial charge in [-0.25, -0.2) is 9.97 Å². The highest BCUT2D eigenvalue weighted by Crippen LogP contribution is 2.35. The molecule has 1 unspecified atom stereocenters. The highest BCUT2D eigenvalue weighted by Gasteiger charge is 2.35. The summed E-state index contributed by atoms with van der Waals surface area (Å²) in [4.78, 5) is 23.0. The lowest BCUT2D eigenvalue weighted by Crippen LogP contribution is -2.55. The van der Waals surface area contributed by atoms with Crippen LogP contribution in [0.1, 0.15) is 30.4 Å². The third-order valence-corrected chi connectivity index (χ3v) is 6.89. The van der Waals surface area contributed by atoms with Gasteiger partial charge in [0.15, 0.2) is 11.6 Å². The summed E-state index contributed by atoms with van der Waals surface area (Å²) < 4.78 is 54.1. The lowest BCUT2D eigenvalue weighted by molar-refractivity contribution is -0.137. The van der Waals surface area contributed by atoms with Crippen molar-refractivity contribution in [2.75, 3.05) is 36.5 Å². The van der Waals surface area contributed by atoms with Gasteiger partial charge in [0.2, 0.25) is 11.7 Å². The maximum atomic E-state index is 15.5. The average molecular weight is 527 g/mol. The molecule has 202 valence electrons. The van der Waals surface area contributed by atoms with E-state index in [9.17, 15) is 28.2 Å². The number of β-amino-alcohol motifs (C(OH)–C–C–N with tert-alkyl or cyclic N) is 1. The van der Waals surface area contributed by atoms with Crippen LogP contribution in [0.25, 0.3) is 0 Å². The van der Waals surface area contributed by atoms with E-state index in [1.165, 1.54) is 18.5 Å². The topological polar surface area (TPSA) is 128 Å². The highest BCUT2D eigenvalue weighted by atomic mass is 19.4. The first-order valence-corrected chi connectivity index (χ1v) is 12.1. The van der Waals surface area contributed by atoms with Crippen LogP contribution in [0.4, 0.5) is 29.2 Å². The third-order valence-electron chi connectivity index (χ3n) is 6.89. The normalized spacial score (nSPS) is 21.5. The number of nitrogens with zero attached hydrogens (tertiary/aromatic N) is 4. The van der Waals surface area contributed by atoms with E-state index in [2.05, 4.69) is 15.3 Å². The van der Waals surface area contributed by atoms with Gasteiger partial charge in [-0.2, -0.15) is 17.6 Å². The number of hydrogen-bond donors (Lipinski definition) is 4. The maximum Gasteiger partial charge on any atom is 0.416 e. The summed E-state index contributed by atoms with van der Waals surface area (Å²) in [6, 6.07) is 3.92. The second-order valence-corrected chi connectivity index (χ2v) is 9.51. The molecule has 2 aliphatic rings. The van der Waals surface area contributed by atoms with Gasteiger partial charge in [-0.15, -0.1) is 0 Å². The van der Waals surface area contributed by atoms with E-state index in [0.29, 0.717) is 18.5 Å². The van der Waals surface area contributed by atoms with Crippen molar-refractivity contribution >= 4 is 17.5 Å². The minimum absolute atomic E-state index is 0.0235. The number of nitrogens with two attached hydrogens (primary N) is 1. The molecule has 0 radical (unpaired) electrons. The Morgan fingerprint density at radius 1 is 1.22 bits per heavy atom. The summed E-state index contributed by atoms with van der Waals surface area (Å²) in [5.74, 6) is -1.58. The number of benzene rings is 1. The number of primary amides is 1. The Bertz CT molecular complexity index is 1080. The Kier molecular flexibility index (Phi) is 8.14. The molecule has 37 heavy (non-hydrogen) atoms. The number of aromatic nitrogens is 2. The van der Waals surface area contributed by atoms with Crippen LogP contribution in [0.15, 0.2) is 30.6 Å². The first-order valence-electron chi connectivity index (χ1n) is 12.1. The van der Waals surface area contributed by atoms with Gasteiger partial charge < -0.3 is 26.2 Å². The van der Waals surface area contributed by atoms with Crippen molar-refractivity contribution < 1.29 is 32.6 Å². The number of alkyl halides is 3. The van der Waals surface area contributed by atoms with Crippen molar-refractivity contribution in [3.63, 3.8) is 0 Å². The van der Waals surface area contributed by atoms with Crippen LogP contribution in [-0.2, 0) is 17.5 Å². The van der Waals surface area contributed by atoms with Crippen LogP contribution in [-0.4, -0.2) is 75.4 Å². The molecule has 2 aromatic rings. The van der Waals surface area contributed by atoms with Crippen molar-refractivity contribution in [1.82, 2.24) is 14.9 Å². The van der Waals surface area contributed by atoms with Crippen LogP contribution < -0.4 is 16.0 Å². The van der Waals surface area contributed by atoms with E-state index >= 15 is 4.39 Å². The second kappa shape index (κ2) is 11.2. The number of aliphatic hydroxyl groups is 2. The van der Waals surface area contributed by atoms with E-state index in [-0.39, 0.29) is 43.2 Å². The molecule has 1 saturated carbocycles. The lowest BCUT2D eigenvalue weighted by atomic mass is 9.92. The van der Waals surface area contributed by atoms with Crippen LogP contribution >= 0.6 is 0 Å². The summed E-state index contributed by atoms with van der Waals surface area (Å²) in [5, 5.41) is 22.9. The van der Waals surface area contributed by atoms with Gasteiger partial charge in [0.1, 0.15) is 12.4 Å². The number of anilines is 2. The van der Waals surface area contributed by atoms with Crippen LogP contribution in [0.2, 0.25) is 0 Å². The Hall–Kier alpha value is -3.03. The molecule has 5 N–H and O–H groups in total. The molecule has 4 rings (SSSR count). The van der Waals surface area contributed by atoms with Gasteiger partial charge in [-0.1, -0.05) is 12.1 Å². The molecule has 1 saturated heterocycles. The zero-order valence-corrected chi connectivity index (χ0v) is 20.0. The second-order valence-electron chi connectivity index (χ2n) is 9.51. The Balaban J connectivity index is 1.42. The van der Waals surface area contributed by atoms with Crippen LogP contribution in [0.3, 0.4) is 0 Å². The number of piperidine rings is 1. The molecular formula is C24H30F4N6O3. The predicted molar refractivity (Wildman–Crippen MR) is 127 cm³/mol. The van der Waals surface area contributed by atoms with Crippen molar-refractivity contribution in [1.29, 1.82) is 0 Å². The molecule has 0 spiro atoms. The number of hydrogen-bond acceptors (Lipinski definition) is 8. The number of carbonyl (C=O) groups excluding carboxylic acids is 1. The SMILES string of the molecule is NC(=O)C(CO)N1CC[C@H](CNc2ncnc(N(Cc3ccc(C(F)(F)F)cc3)C3CC3)c2F)[C@@H](O)C1. The lowest BCUT2D eigenvalue weighted by Gasteiger charge is -2.38. The summed E-state index contributed by atoms with van der Waals surface area (Å²) in [5.41, 5.74) is 5.16. The molecule has 1 aromatic carbocycles. The molecule has 9 nitrogen and oxygen atoms in total. The Morgan fingerprint density at radius 2 is 1.92 bits per heavy atom. The number of aliphatic hydroxyl groups excluding tert-OH is 2. The fourth-order valence-corrected chi connectivity index (χ4v) is 4.58. The van der Waals surface area contributed by atoms with Gasteiger partial charge in [-0.3, -0.25) is 9.69 Å².